The van der Waals surface area contributed by atoms with Gasteiger partial charge < -0.3 is 4.48 Å². The van der Waals surface area contributed by atoms with Crippen LogP contribution in [0.1, 0.15) is 45.6 Å². The number of quaternary nitrogens is 1. The zero-order chi connectivity index (χ0) is 13.6. The van der Waals surface area contributed by atoms with Gasteiger partial charge >= 0.3 is 0 Å². The van der Waals surface area contributed by atoms with Crippen LogP contribution >= 0.6 is 0 Å². The number of hydrogen-bond donors (Lipinski definition) is 0. The first-order chi connectivity index (χ1) is 8.49. The van der Waals surface area contributed by atoms with E-state index in [9.17, 15) is 0 Å². The van der Waals surface area contributed by atoms with Crippen LogP contribution in [-0.4, -0.2) is 24.6 Å². The fraction of sp³-hybridized carbons (Fsp3) is 0.647. The molecular weight excluding hydrogens is 218 g/mol. The van der Waals surface area contributed by atoms with Crippen molar-refractivity contribution in [2.24, 2.45) is 5.92 Å². The lowest BCUT2D eigenvalue weighted by Gasteiger charge is -2.39. The lowest BCUT2D eigenvalue weighted by Crippen LogP contribution is -2.48. The van der Waals surface area contributed by atoms with Gasteiger partial charge in [-0.05, 0) is 12.3 Å². The molecule has 1 nitrogen and oxygen atoms in total. The molecule has 0 saturated carbocycles. The Bertz CT molecular complexity index is 329. The molecule has 0 N–H and O–H groups in total. The van der Waals surface area contributed by atoms with Crippen molar-refractivity contribution in [1.29, 1.82) is 0 Å². The third-order valence-corrected chi connectivity index (χ3v) is 4.26. The minimum atomic E-state index is 0.764. The maximum absolute atomic E-state index is 2.38. The first kappa shape index (κ1) is 15.2. The molecule has 2 atom stereocenters. The van der Waals surface area contributed by atoms with Crippen molar-refractivity contribution >= 4 is 0 Å². The summed E-state index contributed by atoms with van der Waals surface area (Å²) in [5, 5.41) is 0. The highest BCUT2D eigenvalue weighted by Crippen LogP contribution is 2.23. The van der Waals surface area contributed by atoms with Crippen LogP contribution in [0.4, 0.5) is 0 Å². The Labute approximate surface area is 113 Å². The Balaban J connectivity index is 2.70. The van der Waals surface area contributed by atoms with E-state index in [-0.39, 0.29) is 0 Å². The molecule has 1 aromatic rings. The van der Waals surface area contributed by atoms with E-state index in [1.165, 1.54) is 24.8 Å². The van der Waals surface area contributed by atoms with Gasteiger partial charge in [-0.3, -0.25) is 0 Å². The summed E-state index contributed by atoms with van der Waals surface area (Å²) in [5.74, 6) is 0.836. The quantitative estimate of drug-likeness (QED) is 0.624. The molecule has 0 aliphatic rings. The molecule has 0 aromatic heterocycles. The molecule has 1 heteroatoms. The molecule has 0 aliphatic carbocycles. The van der Waals surface area contributed by atoms with Gasteiger partial charge in [-0.15, -0.1) is 0 Å². The molecule has 1 aromatic carbocycles. The Morgan fingerprint density at radius 2 is 1.61 bits per heavy atom. The third kappa shape index (κ3) is 4.45. The monoisotopic (exact) mass is 248 g/mol. The summed E-state index contributed by atoms with van der Waals surface area (Å²) in [6.45, 7) is 8.15. The predicted molar refractivity (Wildman–Crippen MR) is 80.4 cm³/mol. The van der Waals surface area contributed by atoms with Gasteiger partial charge in [0, 0.05) is 12.0 Å². The van der Waals surface area contributed by atoms with Crippen molar-refractivity contribution in [3.63, 3.8) is 0 Å². The fourth-order valence-electron chi connectivity index (χ4n) is 2.76. The zero-order valence-corrected chi connectivity index (χ0v) is 12.8. The van der Waals surface area contributed by atoms with E-state index >= 15 is 0 Å². The first-order valence-electron chi connectivity index (χ1n) is 7.36. The van der Waals surface area contributed by atoms with Gasteiger partial charge in [0.25, 0.3) is 0 Å². The Morgan fingerprint density at radius 1 is 1.00 bits per heavy atom. The van der Waals surface area contributed by atoms with Crippen LogP contribution in [0, 0.1) is 5.92 Å². The summed E-state index contributed by atoms with van der Waals surface area (Å²) in [6.07, 6.45) is 3.90. The van der Waals surface area contributed by atoms with Gasteiger partial charge in [0.2, 0.25) is 0 Å². The molecule has 0 saturated heterocycles. The van der Waals surface area contributed by atoms with Crippen molar-refractivity contribution in [1.82, 2.24) is 0 Å². The highest BCUT2D eigenvalue weighted by molar-refractivity contribution is 5.13. The summed E-state index contributed by atoms with van der Waals surface area (Å²) < 4.78 is 1.10. The molecule has 0 fully saturated rings. The predicted octanol–water partition coefficient (Wildman–Crippen LogP) is 4.48. The average molecular weight is 248 g/mol. The van der Waals surface area contributed by atoms with Crippen LogP contribution in [0.15, 0.2) is 30.3 Å². The molecule has 0 spiro atoms. The standard InChI is InChI=1S/C17H30N/c1-6-15(3)13-17(7-2)18(4,5)14-16-11-9-8-10-12-16/h8-12,15,17H,6-7,13-14H2,1-5H3/q+1. The second-order valence-electron chi connectivity index (χ2n) is 6.23. The molecule has 0 radical (unpaired) electrons. The van der Waals surface area contributed by atoms with Gasteiger partial charge in [0.1, 0.15) is 6.54 Å². The van der Waals surface area contributed by atoms with Crippen LogP contribution in [-0.2, 0) is 6.54 Å². The summed E-state index contributed by atoms with van der Waals surface area (Å²) in [4.78, 5) is 0. The SMILES string of the molecule is CCC(C)CC(CC)[N+](C)(C)Cc1ccccc1. The minimum absolute atomic E-state index is 0.764. The van der Waals surface area contributed by atoms with E-state index in [1.54, 1.807) is 0 Å². The lowest BCUT2D eigenvalue weighted by atomic mass is 9.95. The number of rotatable bonds is 7. The van der Waals surface area contributed by atoms with E-state index in [0.717, 1.165) is 23.0 Å². The molecule has 18 heavy (non-hydrogen) atoms. The van der Waals surface area contributed by atoms with Crippen LogP contribution in [0.3, 0.4) is 0 Å². The molecule has 1 rings (SSSR count). The molecule has 0 aliphatic heterocycles. The van der Waals surface area contributed by atoms with Gasteiger partial charge in [0.05, 0.1) is 20.1 Å². The van der Waals surface area contributed by atoms with Gasteiger partial charge in [-0.2, -0.15) is 0 Å². The van der Waals surface area contributed by atoms with Crippen LogP contribution in [0.25, 0.3) is 0 Å². The smallest absolute Gasteiger partial charge is 0.104 e. The first-order valence-corrected chi connectivity index (χ1v) is 7.36. The number of hydrogen-bond acceptors (Lipinski definition) is 0. The topological polar surface area (TPSA) is 0 Å². The number of nitrogens with zero attached hydrogens (tertiary/aromatic N) is 1. The Hall–Kier alpha value is -0.820. The van der Waals surface area contributed by atoms with E-state index in [2.05, 4.69) is 65.2 Å². The van der Waals surface area contributed by atoms with E-state index in [4.69, 9.17) is 0 Å². The zero-order valence-electron chi connectivity index (χ0n) is 12.8. The fourth-order valence-corrected chi connectivity index (χ4v) is 2.76. The van der Waals surface area contributed by atoms with E-state index < -0.39 is 0 Å². The van der Waals surface area contributed by atoms with Crippen molar-refractivity contribution < 1.29 is 4.48 Å². The van der Waals surface area contributed by atoms with Crippen LogP contribution < -0.4 is 0 Å². The molecule has 0 amide bonds. The minimum Gasteiger partial charge on any atom is -0.322 e. The van der Waals surface area contributed by atoms with Crippen LogP contribution in [0.5, 0.6) is 0 Å². The normalized spacial score (nSPS) is 15.4. The average Bonchev–Trinajstić information content (AvgIpc) is 2.36. The maximum Gasteiger partial charge on any atom is 0.104 e. The third-order valence-electron chi connectivity index (χ3n) is 4.26. The second-order valence-corrected chi connectivity index (χ2v) is 6.23. The van der Waals surface area contributed by atoms with Gasteiger partial charge in [-0.25, -0.2) is 0 Å². The van der Waals surface area contributed by atoms with E-state index in [1.807, 2.05) is 0 Å². The molecule has 0 heterocycles. The number of benzene rings is 1. The van der Waals surface area contributed by atoms with Gasteiger partial charge in [-0.1, -0.05) is 57.5 Å². The highest BCUT2D eigenvalue weighted by Gasteiger charge is 2.27. The highest BCUT2D eigenvalue weighted by atomic mass is 15.3. The van der Waals surface area contributed by atoms with Crippen molar-refractivity contribution in [2.45, 2.75) is 52.6 Å². The van der Waals surface area contributed by atoms with Gasteiger partial charge in [0.15, 0.2) is 0 Å². The summed E-state index contributed by atoms with van der Waals surface area (Å²) in [5.41, 5.74) is 1.45. The maximum atomic E-state index is 2.38. The van der Waals surface area contributed by atoms with E-state index in [0.29, 0.717) is 0 Å². The van der Waals surface area contributed by atoms with Crippen LogP contribution in [0.2, 0.25) is 0 Å². The lowest BCUT2D eigenvalue weighted by molar-refractivity contribution is -0.928. The largest absolute Gasteiger partial charge is 0.322 e. The van der Waals surface area contributed by atoms with Crippen molar-refractivity contribution in [2.75, 3.05) is 14.1 Å². The second kappa shape index (κ2) is 6.94. The molecule has 102 valence electrons. The molecule has 2 unspecified atom stereocenters. The summed E-state index contributed by atoms with van der Waals surface area (Å²) in [6, 6.07) is 11.6. The molecular formula is C17H30N+. The Kier molecular flexibility index (Phi) is 5.87. The van der Waals surface area contributed by atoms with Crippen molar-refractivity contribution in [3.05, 3.63) is 35.9 Å². The Morgan fingerprint density at radius 3 is 2.11 bits per heavy atom. The summed E-state index contributed by atoms with van der Waals surface area (Å²) in [7, 11) is 4.76. The summed E-state index contributed by atoms with van der Waals surface area (Å²) >= 11 is 0. The molecule has 0 bridgehead atoms. The van der Waals surface area contributed by atoms with Crippen molar-refractivity contribution in [3.8, 4) is 0 Å².